The van der Waals surface area contributed by atoms with Crippen molar-refractivity contribution in [2.45, 2.75) is 20.8 Å². The summed E-state index contributed by atoms with van der Waals surface area (Å²) in [6, 6.07) is 5.80. The van der Waals surface area contributed by atoms with E-state index in [1.165, 1.54) is 7.11 Å². The van der Waals surface area contributed by atoms with Crippen molar-refractivity contribution in [3.63, 3.8) is 0 Å². The summed E-state index contributed by atoms with van der Waals surface area (Å²) in [4.78, 5) is 23.3. The molecule has 1 aromatic carbocycles. The number of carbonyl (C=O) groups excluding carboxylic acids is 2. The molecule has 0 saturated heterocycles. The van der Waals surface area contributed by atoms with E-state index in [9.17, 15) is 9.59 Å². The van der Waals surface area contributed by atoms with Crippen LogP contribution in [0, 0.1) is 13.8 Å². The lowest BCUT2D eigenvalue weighted by atomic mass is 10.1. The smallest absolute Gasteiger partial charge is 0.332 e. The largest absolute Gasteiger partial charge is 0.466 e. The van der Waals surface area contributed by atoms with Crippen LogP contribution in [0.3, 0.4) is 0 Å². The zero-order valence-corrected chi connectivity index (χ0v) is 12.2. The quantitative estimate of drug-likeness (QED) is 0.637. The fourth-order valence-corrected chi connectivity index (χ4v) is 1.69. The predicted molar refractivity (Wildman–Crippen MR) is 78.3 cm³/mol. The molecule has 0 unspecified atom stereocenters. The average Bonchev–Trinajstić information content (AvgIpc) is 2.40. The van der Waals surface area contributed by atoms with Gasteiger partial charge in [0.05, 0.1) is 13.2 Å². The van der Waals surface area contributed by atoms with Gasteiger partial charge in [0.15, 0.2) is 0 Å². The standard InChI is InChI=1S/C15H20N2O3/c1-5-16-15(19)13(9-14(18)20-4)17-12-7-6-10(2)8-11(12)3/h6-9,17H,5H2,1-4H3,(H,16,19)/b13-9-. The van der Waals surface area contributed by atoms with Crippen molar-refractivity contribution < 1.29 is 14.3 Å². The molecule has 2 N–H and O–H groups in total. The number of rotatable bonds is 5. The Morgan fingerprint density at radius 3 is 2.55 bits per heavy atom. The molecule has 0 fully saturated rings. The Kier molecular flexibility index (Phi) is 5.77. The van der Waals surface area contributed by atoms with Crippen LogP contribution in [0.15, 0.2) is 30.0 Å². The fourth-order valence-electron chi connectivity index (χ4n) is 1.69. The van der Waals surface area contributed by atoms with E-state index in [1.54, 1.807) is 0 Å². The van der Waals surface area contributed by atoms with E-state index in [0.29, 0.717) is 6.54 Å². The molecular formula is C15H20N2O3. The van der Waals surface area contributed by atoms with Gasteiger partial charge in [0.25, 0.3) is 5.91 Å². The van der Waals surface area contributed by atoms with Gasteiger partial charge in [0.2, 0.25) is 0 Å². The van der Waals surface area contributed by atoms with Crippen molar-refractivity contribution >= 4 is 17.6 Å². The van der Waals surface area contributed by atoms with Crippen LogP contribution in [0.4, 0.5) is 5.69 Å². The van der Waals surface area contributed by atoms with Gasteiger partial charge in [-0.3, -0.25) is 4.79 Å². The van der Waals surface area contributed by atoms with Crippen LogP contribution in [-0.4, -0.2) is 25.5 Å². The maximum absolute atomic E-state index is 11.9. The normalized spacial score (nSPS) is 10.9. The van der Waals surface area contributed by atoms with E-state index in [-0.39, 0.29) is 11.6 Å². The van der Waals surface area contributed by atoms with Gasteiger partial charge in [-0.15, -0.1) is 0 Å². The molecule has 1 aromatic rings. The highest BCUT2D eigenvalue weighted by atomic mass is 16.5. The number of aryl methyl sites for hydroxylation is 2. The third-order valence-electron chi connectivity index (χ3n) is 2.70. The van der Waals surface area contributed by atoms with Gasteiger partial charge in [-0.05, 0) is 32.4 Å². The van der Waals surface area contributed by atoms with Crippen LogP contribution in [0.2, 0.25) is 0 Å². The van der Waals surface area contributed by atoms with Crippen molar-refractivity contribution in [2.75, 3.05) is 19.0 Å². The van der Waals surface area contributed by atoms with Crippen molar-refractivity contribution in [1.29, 1.82) is 0 Å². The Hall–Kier alpha value is -2.30. The van der Waals surface area contributed by atoms with Gasteiger partial charge in [-0.1, -0.05) is 17.7 Å². The summed E-state index contributed by atoms with van der Waals surface area (Å²) in [7, 11) is 1.27. The first-order chi connectivity index (χ1) is 9.47. The van der Waals surface area contributed by atoms with Gasteiger partial charge in [-0.25, -0.2) is 4.79 Å². The lowest BCUT2D eigenvalue weighted by molar-refractivity contribution is -0.135. The van der Waals surface area contributed by atoms with E-state index in [2.05, 4.69) is 15.4 Å². The number of hydrogen-bond acceptors (Lipinski definition) is 4. The molecule has 0 radical (unpaired) electrons. The van der Waals surface area contributed by atoms with Gasteiger partial charge in [0, 0.05) is 12.2 Å². The van der Waals surface area contributed by atoms with Gasteiger partial charge in [0.1, 0.15) is 5.70 Å². The van der Waals surface area contributed by atoms with Crippen molar-refractivity contribution in [2.24, 2.45) is 0 Å². The van der Waals surface area contributed by atoms with E-state index in [1.807, 2.05) is 39.0 Å². The molecule has 1 amide bonds. The zero-order valence-electron chi connectivity index (χ0n) is 12.2. The number of ether oxygens (including phenoxy) is 1. The second kappa shape index (κ2) is 7.33. The van der Waals surface area contributed by atoms with Crippen molar-refractivity contribution in [3.8, 4) is 0 Å². The number of likely N-dealkylation sites (N-methyl/N-ethyl adjacent to an activating group) is 1. The minimum absolute atomic E-state index is 0.158. The molecule has 0 bridgehead atoms. The van der Waals surface area contributed by atoms with E-state index >= 15 is 0 Å². The number of benzene rings is 1. The second-order valence-electron chi connectivity index (χ2n) is 4.38. The summed E-state index contributed by atoms with van der Waals surface area (Å²) in [6.07, 6.45) is 1.14. The van der Waals surface area contributed by atoms with E-state index in [4.69, 9.17) is 0 Å². The summed E-state index contributed by atoms with van der Waals surface area (Å²) in [5.41, 5.74) is 3.05. The number of hydrogen-bond donors (Lipinski definition) is 2. The highest BCUT2D eigenvalue weighted by Crippen LogP contribution is 2.18. The highest BCUT2D eigenvalue weighted by molar-refractivity contribution is 6.01. The Bertz CT molecular complexity index is 536. The monoisotopic (exact) mass is 276 g/mol. The third-order valence-corrected chi connectivity index (χ3v) is 2.70. The summed E-state index contributed by atoms with van der Waals surface area (Å²) in [6.45, 7) is 6.21. The molecule has 0 aliphatic heterocycles. The molecule has 108 valence electrons. The van der Waals surface area contributed by atoms with Crippen LogP contribution >= 0.6 is 0 Å². The first-order valence-corrected chi connectivity index (χ1v) is 6.40. The van der Waals surface area contributed by atoms with Crippen LogP contribution in [0.5, 0.6) is 0 Å². The first-order valence-electron chi connectivity index (χ1n) is 6.40. The number of esters is 1. The fraction of sp³-hybridized carbons (Fsp3) is 0.333. The number of methoxy groups -OCH3 is 1. The third kappa shape index (κ3) is 4.42. The highest BCUT2D eigenvalue weighted by Gasteiger charge is 2.12. The maximum Gasteiger partial charge on any atom is 0.332 e. The van der Waals surface area contributed by atoms with E-state index in [0.717, 1.165) is 22.9 Å². The lowest BCUT2D eigenvalue weighted by Crippen LogP contribution is -2.28. The Balaban J connectivity index is 3.03. The number of carbonyl (C=O) groups is 2. The van der Waals surface area contributed by atoms with Crippen LogP contribution in [0.25, 0.3) is 0 Å². The number of anilines is 1. The minimum Gasteiger partial charge on any atom is -0.466 e. The SMILES string of the molecule is CCNC(=O)/C(=C/C(=O)OC)Nc1ccc(C)cc1C. The van der Waals surface area contributed by atoms with Crippen molar-refractivity contribution in [3.05, 3.63) is 41.1 Å². The molecule has 5 heteroatoms. The number of amides is 1. The van der Waals surface area contributed by atoms with Gasteiger partial charge >= 0.3 is 5.97 Å². The Morgan fingerprint density at radius 1 is 1.30 bits per heavy atom. The van der Waals surface area contributed by atoms with Crippen LogP contribution < -0.4 is 10.6 Å². The average molecular weight is 276 g/mol. The Morgan fingerprint density at radius 2 is 2.00 bits per heavy atom. The summed E-state index contributed by atoms with van der Waals surface area (Å²) >= 11 is 0. The first kappa shape index (κ1) is 15.8. The summed E-state index contributed by atoms with van der Waals surface area (Å²) in [5, 5.41) is 5.62. The minimum atomic E-state index is -0.580. The second-order valence-corrected chi connectivity index (χ2v) is 4.38. The van der Waals surface area contributed by atoms with Gasteiger partial charge < -0.3 is 15.4 Å². The van der Waals surface area contributed by atoms with E-state index < -0.39 is 5.97 Å². The van der Waals surface area contributed by atoms with Crippen LogP contribution in [0.1, 0.15) is 18.1 Å². The molecule has 0 heterocycles. The molecular weight excluding hydrogens is 256 g/mol. The molecule has 5 nitrogen and oxygen atoms in total. The molecule has 0 saturated carbocycles. The summed E-state index contributed by atoms with van der Waals surface area (Å²) < 4.78 is 4.56. The molecule has 0 atom stereocenters. The molecule has 0 aliphatic carbocycles. The zero-order chi connectivity index (χ0) is 15.1. The molecule has 1 rings (SSSR count). The molecule has 20 heavy (non-hydrogen) atoms. The summed E-state index contributed by atoms with van der Waals surface area (Å²) in [5.74, 6) is -0.929. The Labute approximate surface area is 119 Å². The molecule has 0 aromatic heterocycles. The molecule has 0 aliphatic rings. The molecule has 0 spiro atoms. The number of nitrogens with one attached hydrogen (secondary N) is 2. The van der Waals surface area contributed by atoms with Crippen molar-refractivity contribution in [1.82, 2.24) is 5.32 Å². The lowest BCUT2D eigenvalue weighted by Gasteiger charge is -2.13. The maximum atomic E-state index is 11.9. The van der Waals surface area contributed by atoms with Crippen LogP contribution in [-0.2, 0) is 14.3 Å². The topological polar surface area (TPSA) is 67.4 Å². The predicted octanol–water partition coefficient (Wildman–Crippen LogP) is 1.91. The van der Waals surface area contributed by atoms with Gasteiger partial charge in [-0.2, -0.15) is 0 Å².